The Morgan fingerprint density at radius 2 is 2.71 bits per heavy atom. The van der Waals surface area contributed by atoms with E-state index in [1.807, 2.05) is 7.05 Å². The third-order valence-electron chi connectivity index (χ3n) is 0.839. The molecule has 0 N–H and O–H groups in total. The SMILES string of the molecule is C=[N+]1[CH-]N=CN1C. The first kappa shape index (κ1) is 4.18. The molecule has 0 aromatic heterocycles. The molecule has 0 unspecified atom stereocenters. The van der Waals surface area contributed by atoms with E-state index in [4.69, 9.17) is 0 Å². The summed E-state index contributed by atoms with van der Waals surface area (Å²) < 4.78 is 1.64. The Labute approximate surface area is 42.6 Å². The zero-order valence-corrected chi connectivity index (χ0v) is 4.20. The summed E-state index contributed by atoms with van der Waals surface area (Å²) in [6.07, 6.45) is 1.69. The van der Waals surface area contributed by atoms with Crippen molar-refractivity contribution < 1.29 is 4.68 Å². The lowest BCUT2D eigenvalue weighted by Gasteiger charge is -2.07. The summed E-state index contributed by atoms with van der Waals surface area (Å²) in [5, 5.41) is 1.78. The molecule has 0 aromatic rings. The zero-order valence-electron chi connectivity index (χ0n) is 4.20. The molecule has 0 aromatic carbocycles. The highest BCUT2D eigenvalue weighted by molar-refractivity contribution is 5.54. The molecule has 1 aliphatic rings. The van der Waals surface area contributed by atoms with Gasteiger partial charge in [-0.2, -0.15) is 4.99 Å². The largest absolute Gasteiger partial charge is 0.254 e. The van der Waals surface area contributed by atoms with E-state index in [9.17, 15) is 0 Å². The highest BCUT2D eigenvalue weighted by Gasteiger charge is 2.00. The van der Waals surface area contributed by atoms with Crippen molar-refractivity contribution in [2.75, 3.05) is 7.05 Å². The topological polar surface area (TPSA) is 18.6 Å². The van der Waals surface area contributed by atoms with E-state index in [2.05, 4.69) is 11.7 Å². The summed E-state index contributed by atoms with van der Waals surface area (Å²) in [5.74, 6) is 0. The third-order valence-corrected chi connectivity index (χ3v) is 0.839. The molecule has 0 aliphatic carbocycles. The maximum atomic E-state index is 3.78. The minimum Gasteiger partial charge on any atom is -0.254 e. The maximum absolute atomic E-state index is 3.78. The molecule has 0 amide bonds. The highest BCUT2D eigenvalue weighted by Crippen LogP contribution is 1.92. The quantitative estimate of drug-likeness (QED) is 0.300. The van der Waals surface area contributed by atoms with Crippen molar-refractivity contribution in [2.24, 2.45) is 4.99 Å². The van der Waals surface area contributed by atoms with Gasteiger partial charge in [-0.15, -0.1) is 0 Å². The van der Waals surface area contributed by atoms with E-state index in [0.717, 1.165) is 0 Å². The number of hydrazone groups is 1. The van der Waals surface area contributed by atoms with Crippen LogP contribution in [0.2, 0.25) is 0 Å². The molecule has 0 radical (unpaired) electrons. The van der Waals surface area contributed by atoms with Crippen molar-refractivity contribution in [2.45, 2.75) is 0 Å². The van der Waals surface area contributed by atoms with E-state index in [1.165, 1.54) is 0 Å². The van der Waals surface area contributed by atoms with Gasteiger partial charge in [0.1, 0.15) is 6.34 Å². The number of hydrogen-bond donors (Lipinski definition) is 0. The van der Waals surface area contributed by atoms with Gasteiger partial charge in [-0.3, -0.25) is 9.69 Å². The molecule has 3 heteroatoms. The van der Waals surface area contributed by atoms with Crippen LogP contribution in [0.4, 0.5) is 0 Å². The van der Waals surface area contributed by atoms with Crippen LogP contribution < -0.4 is 0 Å². The lowest BCUT2D eigenvalue weighted by Crippen LogP contribution is -2.20. The standard InChI is InChI=1S/C4H7N3/c1-6-3-5-4-7(6)2/h3-4H,1H2,2H3. The van der Waals surface area contributed by atoms with Gasteiger partial charge in [0.2, 0.25) is 6.67 Å². The van der Waals surface area contributed by atoms with Crippen LogP contribution >= 0.6 is 0 Å². The van der Waals surface area contributed by atoms with Crippen LogP contribution in [0.25, 0.3) is 0 Å². The van der Waals surface area contributed by atoms with E-state index in [0.29, 0.717) is 0 Å². The highest BCUT2D eigenvalue weighted by atomic mass is 15.6. The van der Waals surface area contributed by atoms with Crippen LogP contribution in [0.5, 0.6) is 0 Å². The first-order valence-electron chi connectivity index (χ1n) is 2.00. The molecule has 0 atom stereocenters. The van der Waals surface area contributed by atoms with Crippen LogP contribution in [-0.4, -0.2) is 29.8 Å². The van der Waals surface area contributed by atoms with E-state index in [1.54, 1.807) is 22.7 Å². The Morgan fingerprint density at radius 3 is 2.86 bits per heavy atom. The Kier molecular flexibility index (Phi) is 0.749. The van der Waals surface area contributed by atoms with Gasteiger partial charge in [0.05, 0.1) is 0 Å². The van der Waals surface area contributed by atoms with Crippen LogP contribution in [0.3, 0.4) is 0 Å². The average Bonchev–Trinajstić information content (AvgIpc) is 1.91. The second-order valence-electron chi connectivity index (χ2n) is 1.39. The van der Waals surface area contributed by atoms with Crippen molar-refractivity contribution in [3.8, 4) is 0 Å². The summed E-state index contributed by atoms with van der Waals surface area (Å²) >= 11 is 0. The summed E-state index contributed by atoms with van der Waals surface area (Å²) in [4.78, 5) is 3.78. The fourth-order valence-corrected chi connectivity index (χ4v) is 0.351. The normalized spacial score (nSPS) is 17.9. The summed E-state index contributed by atoms with van der Waals surface area (Å²) in [6.45, 7) is 5.24. The molecule has 7 heavy (non-hydrogen) atoms. The fourth-order valence-electron chi connectivity index (χ4n) is 0.351. The van der Waals surface area contributed by atoms with Crippen molar-refractivity contribution in [1.82, 2.24) is 5.01 Å². The van der Waals surface area contributed by atoms with Crippen LogP contribution in [-0.2, 0) is 0 Å². The molecule has 1 rings (SSSR count). The predicted molar refractivity (Wildman–Crippen MR) is 27.9 cm³/mol. The second kappa shape index (κ2) is 1.26. The van der Waals surface area contributed by atoms with Gasteiger partial charge in [0.15, 0.2) is 0 Å². The minimum absolute atomic E-state index is 1.64. The molecule has 3 nitrogen and oxygen atoms in total. The molecule has 0 saturated heterocycles. The molecule has 38 valence electrons. The van der Waals surface area contributed by atoms with Crippen molar-refractivity contribution >= 4 is 13.1 Å². The number of hydrazine groups is 1. The minimum atomic E-state index is 1.64. The lowest BCUT2D eigenvalue weighted by atomic mass is 11.1. The van der Waals surface area contributed by atoms with E-state index >= 15 is 0 Å². The molecular formula is C4H7N3. The maximum Gasteiger partial charge on any atom is 0.201 e. The lowest BCUT2D eigenvalue weighted by molar-refractivity contribution is -0.609. The van der Waals surface area contributed by atoms with Gasteiger partial charge in [0, 0.05) is 7.05 Å². The van der Waals surface area contributed by atoms with Gasteiger partial charge in [-0.05, 0) is 6.72 Å². The van der Waals surface area contributed by atoms with Gasteiger partial charge >= 0.3 is 0 Å². The zero-order chi connectivity index (χ0) is 5.28. The van der Waals surface area contributed by atoms with Crippen LogP contribution in [0.1, 0.15) is 0 Å². The Morgan fingerprint density at radius 1 is 2.00 bits per heavy atom. The molecule has 0 spiro atoms. The Balaban J connectivity index is 2.62. The molecule has 0 fully saturated rings. The summed E-state index contributed by atoms with van der Waals surface area (Å²) in [5.41, 5.74) is 0. The van der Waals surface area contributed by atoms with Gasteiger partial charge in [-0.25, -0.2) is 0 Å². The second-order valence-corrected chi connectivity index (χ2v) is 1.39. The first-order valence-corrected chi connectivity index (χ1v) is 2.00. The predicted octanol–water partition coefficient (Wildman–Crippen LogP) is -0.293. The Bertz CT molecular complexity index is 116. The van der Waals surface area contributed by atoms with Crippen molar-refractivity contribution in [1.29, 1.82) is 0 Å². The number of nitrogens with zero attached hydrogens (tertiary/aromatic N) is 3. The van der Waals surface area contributed by atoms with Crippen molar-refractivity contribution in [3.05, 3.63) is 6.67 Å². The smallest absolute Gasteiger partial charge is 0.201 e. The third kappa shape index (κ3) is 0.559. The molecule has 1 aliphatic heterocycles. The number of aliphatic imine (C=N–C) groups is 1. The van der Waals surface area contributed by atoms with Crippen LogP contribution in [0, 0.1) is 6.67 Å². The summed E-state index contributed by atoms with van der Waals surface area (Å²) in [6, 6.07) is 0. The molecule has 1 heterocycles. The Hall–Kier alpha value is -0.990. The first-order chi connectivity index (χ1) is 3.30. The van der Waals surface area contributed by atoms with Crippen LogP contribution in [0.15, 0.2) is 4.99 Å². The molecule has 0 saturated carbocycles. The number of hydrogen-bond acceptors (Lipinski definition) is 2. The van der Waals surface area contributed by atoms with Gasteiger partial charge in [-0.1, -0.05) is 0 Å². The fraction of sp³-hybridized carbons (Fsp3) is 0.250. The van der Waals surface area contributed by atoms with E-state index in [-0.39, 0.29) is 0 Å². The summed E-state index contributed by atoms with van der Waals surface area (Å²) in [7, 11) is 1.88. The van der Waals surface area contributed by atoms with Gasteiger partial charge < -0.3 is 0 Å². The monoisotopic (exact) mass is 97.1 g/mol. The van der Waals surface area contributed by atoms with E-state index < -0.39 is 0 Å². The molecular weight excluding hydrogens is 90.1 g/mol. The van der Waals surface area contributed by atoms with Crippen molar-refractivity contribution in [3.63, 3.8) is 0 Å². The van der Waals surface area contributed by atoms with Gasteiger partial charge in [0.25, 0.3) is 0 Å². The molecule has 0 bridgehead atoms. The average molecular weight is 97.1 g/mol. The number of rotatable bonds is 0.